The molecule has 0 bridgehead atoms. The number of alkyl halides is 3. The lowest BCUT2D eigenvalue weighted by atomic mass is 10.1. The van der Waals surface area contributed by atoms with Crippen molar-refractivity contribution in [1.82, 2.24) is 5.43 Å². The largest absolute Gasteiger partial charge is 0.417 e. The number of nitrogens with one attached hydrogen (secondary N) is 1. The maximum absolute atomic E-state index is 12.8. The van der Waals surface area contributed by atoms with E-state index in [1.165, 1.54) is 24.3 Å². The van der Waals surface area contributed by atoms with Crippen LogP contribution in [-0.2, 0) is 6.18 Å². The van der Waals surface area contributed by atoms with Gasteiger partial charge in [-0.3, -0.25) is 9.59 Å². The second-order valence-corrected chi connectivity index (χ2v) is 6.31. The molecule has 0 aliphatic rings. The summed E-state index contributed by atoms with van der Waals surface area (Å²) in [5, 5.41) is 3.15. The smallest absolute Gasteiger partial charge is 0.366 e. The molecule has 5 nitrogen and oxygen atoms in total. The maximum Gasteiger partial charge on any atom is 0.417 e. The van der Waals surface area contributed by atoms with Crippen LogP contribution < -0.4 is 11.2 Å². The number of benzene rings is 2. The first-order valence-electron chi connectivity index (χ1n) is 6.89. The number of nitrogens with zero attached hydrogens (tertiary/aromatic N) is 1. The third kappa shape index (κ3) is 4.83. The minimum Gasteiger partial charge on any atom is -0.366 e. The molecular formula is C16H10BrClF3N3O2. The van der Waals surface area contributed by atoms with E-state index in [2.05, 4.69) is 26.5 Å². The normalized spacial score (nSPS) is 11.6. The number of amides is 2. The third-order valence-electron chi connectivity index (χ3n) is 3.17. The molecule has 2 amide bonds. The van der Waals surface area contributed by atoms with Gasteiger partial charge in [0.25, 0.3) is 5.91 Å². The van der Waals surface area contributed by atoms with Crippen LogP contribution in [0, 0.1) is 0 Å². The van der Waals surface area contributed by atoms with E-state index < -0.39 is 28.6 Å². The molecule has 136 valence electrons. The van der Waals surface area contributed by atoms with Crippen LogP contribution in [-0.4, -0.2) is 18.0 Å². The fourth-order valence-corrected chi connectivity index (χ4v) is 2.57. The van der Waals surface area contributed by atoms with Gasteiger partial charge in [-0.05, 0) is 35.9 Å². The Morgan fingerprint density at radius 2 is 1.85 bits per heavy atom. The molecular weight excluding hydrogens is 439 g/mol. The third-order valence-corrected chi connectivity index (χ3v) is 3.99. The molecule has 0 aliphatic heterocycles. The van der Waals surface area contributed by atoms with Crippen LogP contribution in [0.2, 0.25) is 5.02 Å². The molecule has 0 saturated carbocycles. The highest BCUT2D eigenvalue weighted by molar-refractivity contribution is 9.10. The van der Waals surface area contributed by atoms with E-state index in [4.69, 9.17) is 17.3 Å². The fraction of sp³-hybridized carbons (Fsp3) is 0.0625. The van der Waals surface area contributed by atoms with Gasteiger partial charge in [0, 0.05) is 4.47 Å². The standard InChI is InChI=1S/C16H10BrClF3N3O2/c17-9-2-3-10(14(22)25)11(6-9)15(26)24-23-7-8-1-4-13(18)12(5-8)16(19,20)21/h1-7H,(H2,22,25)(H,24,26). The van der Waals surface area contributed by atoms with Crippen molar-refractivity contribution in [3.8, 4) is 0 Å². The van der Waals surface area contributed by atoms with Gasteiger partial charge in [0.2, 0.25) is 5.91 Å². The molecule has 2 aromatic carbocycles. The summed E-state index contributed by atoms with van der Waals surface area (Å²) >= 11 is 8.69. The van der Waals surface area contributed by atoms with Crippen LogP contribution in [0.3, 0.4) is 0 Å². The van der Waals surface area contributed by atoms with Crippen molar-refractivity contribution in [2.45, 2.75) is 6.18 Å². The first-order chi connectivity index (χ1) is 12.1. The van der Waals surface area contributed by atoms with Crippen molar-refractivity contribution in [2.75, 3.05) is 0 Å². The quantitative estimate of drug-likeness (QED) is 0.548. The highest BCUT2D eigenvalue weighted by atomic mass is 79.9. The first-order valence-corrected chi connectivity index (χ1v) is 8.06. The van der Waals surface area contributed by atoms with E-state index in [1.807, 2.05) is 0 Å². The van der Waals surface area contributed by atoms with Gasteiger partial charge in [-0.1, -0.05) is 33.6 Å². The highest BCUT2D eigenvalue weighted by Gasteiger charge is 2.33. The predicted molar refractivity (Wildman–Crippen MR) is 94.2 cm³/mol. The van der Waals surface area contributed by atoms with Crippen molar-refractivity contribution in [1.29, 1.82) is 0 Å². The van der Waals surface area contributed by atoms with Crippen LogP contribution in [0.25, 0.3) is 0 Å². The minimum atomic E-state index is -4.61. The summed E-state index contributed by atoms with van der Waals surface area (Å²) < 4.78 is 39.0. The van der Waals surface area contributed by atoms with Crippen LogP contribution in [0.15, 0.2) is 46.0 Å². The second-order valence-electron chi connectivity index (χ2n) is 4.99. The number of nitrogens with two attached hydrogens (primary N) is 1. The Morgan fingerprint density at radius 1 is 1.15 bits per heavy atom. The van der Waals surface area contributed by atoms with Crippen LogP contribution in [0.1, 0.15) is 31.8 Å². The average Bonchev–Trinajstić information content (AvgIpc) is 2.54. The first kappa shape index (κ1) is 19.9. The van der Waals surface area contributed by atoms with Gasteiger partial charge in [-0.25, -0.2) is 5.43 Å². The number of primary amides is 1. The molecule has 0 heterocycles. The molecule has 0 spiro atoms. The Balaban J connectivity index is 2.21. The van der Waals surface area contributed by atoms with Crippen LogP contribution in [0.5, 0.6) is 0 Å². The van der Waals surface area contributed by atoms with Gasteiger partial charge in [-0.2, -0.15) is 18.3 Å². The Hall–Kier alpha value is -2.39. The number of rotatable bonds is 4. The summed E-state index contributed by atoms with van der Waals surface area (Å²) in [6, 6.07) is 7.45. The number of hydrogen-bond donors (Lipinski definition) is 2. The van der Waals surface area contributed by atoms with E-state index in [-0.39, 0.29) is 16.7 Å². The lowest BCUT2D eigenvalue weighted by Gasteiger charge is -2.09. The fourth-order valence-electron chi connectivity index (χ4n) is 1.99. The summed E-state index contributed by atoms with van der Waals surface area (Å²) in [4.78, 5) is 23.5. The molecule has 26 heavy (non-hydrogen) atoms. The number of hydrogen-bond acceptors (Lipinski definition) is 3. The van der Waals surface area contributed by atoms with Crippen molar-refractivity contribution in [3.05, 3.63) is 68.1 Å². The lowest BCUT2D eigenvalue weighted by molar-refractivity contribution is -0.137. The van der Waals surface area contributed by atoms with Gasteiger partial charge >= 0.3 is 6.18 Å². The average molecular weight is 449 g/mol. The van der Waals surface area contributed by atoms with E-state index in [9.17, 15) is 22.8 Å². The lowest BCUT2D eigenvalue weighted by Crippen LogP contribution is -2.23. The molecule has 0 aromatic heterocycles. The molecule has 0 unspecified atom stereocenters. The molecule has 2 rings (SSSR count). The number of halogens is 5. The van der Waals surface area contributed by atoms with Gasteiger partial charge in [0.05, 0.1) is 27.9 Å². The predicted octanol–water partition coefficient (Wildman–Crippen LogP) is 3.98. The minimum absolute atomic E-state index is 0.0215. The highest BCUT2D eigenvalue weighted by Crippen LogP contribution is 2.34. The van der Waals surface area contributed by atoms with E-state index >= 15 is 0 Å². The zero-order valence-corrected chi connectivity index (χ0v) is 15.1. The molecule has 0 fully saturated rings. The van der Waals surface area contributed by atoms with Crippen LogP contribution >= 0.6 is 27.5 Å². The summed E-state index contributed by atoms with van der Waals surface area (Å²) in [5.74, 6) is -1.56. The Morgan fingerprint density at radius 3 is 2.46 bits per heavy atom. The summed E-state index contributed by atoms with van der Waals surface area (Å²) in [6.07, 6.45) is -3.59. The van der Waals surface area contributed by atoms with Crippen molar-refractivity contribution in [2.24, 2.45) is 10.8 Å². The van der Waals surface area contributed by atoms with Crippen molar-refractivity contribution >= 4 is 45.6 Å². The molecule has 2 aromatic rings. The van der Waals surface area contributed by atoms with Crippen molar-refractivity contribution in [3.63, 3.8) is 0 Å². The van der Waals surface area contributed by atoms with Crippen LogP contribution in [0.4, 0.5) is 13.2 Å². The Kier molecular flexibility index (Phi) is 6.04. The Bertz CT molecular complexity index is 901. The molecule has 0 atom stereocenters. The summed E-state index contributed by atoms with van der Waals surface area (Å²) in [5.41, 5.74) is 6.34. The number of carbonyl (C=O) groups excluding carboxylic acids is 2. The SMILES string of the molecule is NC(=O)c1ccc(Br)cc1C(=O)NN=Cc1ccc(Cl)c(C(F)(F)F)c1. The summed E-state index contributed by atoms with van der Waals surface area (Å²) in [7, 11) is 0. The topological polar surface area (TPSA) is 84.5 Å². The second kappa shape index (κ2) is 7.88. The van der Waals surface area contributed by atoms with Gasteiger partial charge in [0.1, 0.15) is 0 Å². The summed E-state index contributed by atoms with van der Waals surface area (Å²) in [6.45, 7) is 0. The molecule has 10 heteroatoms. The van der Waals surface area contributed by atoms with Gasteiger partial charge in [-0.15, -0.1) is 0 Å². The molecule has 3 N–H and O–H groups in total. The number of carbonyl (C=O) groups is 2. The molecule has 0 saturated heterocycles. The number of hydrazone groups is 1. The maximum atomic E-state index is 12.8. The van der Waals surface area contributed by atoms with Gasteiger partial charge < -0.3 is 5.73 Å². The van der Waals surface area contributed by atoms with Crippen molar-refractivity contribution < 1.29 is 22.8 Å². The zero-order chi connectivity index (χ0) is 19.5. The Labute approximate surface area is 159 Å². The molecule has 0 aliphatic carbocycles. The van der Waals surface area contributed by atoms with E-state index in [1.54, 1.807) is 0 Å². The molecule has 0 radical (unpaired) electrons. The van der Waals surface area contributed by atoms with E-state index in [0.29, 0.717) is 4.47 Å². The monoisotopic (exact) mass is 447 g/mol. The van der Waals surface area contributed by atoms with Gasteiger partial charge in [0.15, 0.2) is 0 Å². The van der Waals surface area contributed by atoms with E-state index in [0.717, 1.165) is 18.3 Å². The zero-order valence-electron chi connectivity index (χ0n) is 12.8.